The monoisotopic (exact) mass is 279 g/mol. The van der Waals surface area contributed by atoms with Crippen molar-refractivity contribution in [1.29, 1.82) is 0 Å². The van der Waals surface area contributed by atoms with Crippen LogP contribution in [0.15, 0.2) is 22.7 Å². The summed E-state index contributed by atoms with van der Waals surface area (Å²) in [6.07, 6.45) is -2.76. The molecule has 0 bridgehead atoms. The van der Waals surface area contributed by atoms with E-state index in [1.54, 1.807) is 18.2 Å². The maximum Gasteiger partial charge on any atom is 0.240 e. The molecule has 0 aliphatic heterocycles. The fourth-order valence-corrected chi connectivity index (χ4v) is 1.79. The van der Waals surface area contributed by atoms with Crippen molar-refractivity contribution >= 4 is 15.9 Å². The van der Waals surface area contributed by atoms with Gasteiger partial charge in [0.2, 0.25) is 6.43 Å². The van der Waals surface area contributed by atoms with Crippen LogP contribution in [-0.4, -0.2) is 13.5 Å². The van der Waals surface area contributed by atoms with Crippen LogP contribution in [0.3, 0.4) is 0 Å². The summed E-state index contributed by atoms with van der Waals surface area (Å²) in [4.78, 5) is 0. The summed E-state index contributed by atoms with van der Waals surface area (Å²) < 4.78 is 30.0. The van der Waals surface area contributed by atoms with Crippen LogP contribution in [0.25, 0.3) is 0 Å². The van der Waals surface area contributed by atoms with E-state index in [4.69, 9.17) is 10.5 Å². The SMILES string of the molecule is COc1ccc(Br)c([C@@H](N)CC(F)F)c1. The molecule has 0 fully saturated rings. The topological polar surface area (TPSA) is 35.2 Å². The molecule has 0 spiro atoms. The highest BCUT2D eigenvalue weighted by atomic mass is 79.9. The third-order valence-electron chi connectivity index (χ3n) is 2.03. The smallest absolute Gasteiger partial charge is 0.240 e. The zero-order valence-electron chi connectivity index (χ0n) is 8.21. The van der Waals surface area contributed by atoms with E-state index in [2.05, 4.69) is 15.9 Å². The number of benzene rings is 1. The average Bonchev–Trinajstić information content (AvgIpc) is 2.17. The van der Waals surface area contributed by atoms with Gasteiger partial charge in [0.05, 0.1) is 7.11 Å². The summed E-state index contributed by atoms with van der Waals surface area (Å²) in [5.74, 6) is 0.609. The minimum absolute atomic E-state index is 0.355. The standard InChI is InChI=1S/C10H12BrF2NO/c1-15-6-2-3-8(11)7(4-6)9(14)5-10(12)13/h2-4,9-10H,5,14H2,1H3/t9-/m0/s1. The molecule has 2 N–H and O–H groups in total. The molecule has 0 radical (unpaired) electrons. The Labute approximate surface area is 95.5 Å². The molecule has 0 amide bonds. The van der Waals surface area contributed by atoms with Gasteiger partial charge in [-0.3, -0.25) is 0 Å². The second-order valence-corrected chi connectivity index (χ2v) is 3.98. The van der Waals surface area contributed by atoms with Crippen molar-refractivity contribution in [3.8, 4) is 5.75 Å². The Bertz CT molecular complexity index is 333. The van der Waals surface area contributed by atoms with E-state index in [-0.39, 0.29) is 6.42 Å². The first-order valence-corrected chi connectivity index (χ1v) is 5.21. The molecule has 0 aliphatic carbocycles. The first-order chi connectivity index (χ1) is 7.04. The fourth-order valence-electron chi connectivity index (χ4n) is 1.25. The summed E-state index contributed by atoms with van der Waals surface area (Å²) >= 11 is 3.27. The maximum atomic E-state index is 12.2. The molecule has 1 atom stereocenters. The molecule has 84 valence electrons. The zero-order chi connectivity index (χ0) is 11.4. The largest absolute Gasteiger partial charge is 0.497 e. The lowest BCUT2D eigenvalue weighted by Crippen LogP contribution is -2.14. The number of ether oxygens (including phenoxy) is 1. The summed E-state index contributed by atoms with van der Waals surface area (Å²) in [5, 5.41) is 0. The van der Waals surface area contributed by atoms with Gasteiger partial charge in [-0.25, -0.2) is 8.78 Å². The zero-order valence-corrected chi connectivity index (χ0v) is 9.80. The predicted molar refractivity (Wildman–Crippen MR) is 58.2 cm³/mol. The van der Waals surface area contributed by atoms with Crippen molar-refractivity contribution in [2.75, 3.05) is 7.11 Å². The molecule has 0 aromatic heterocycles. The van der Waals surface area contributed by atoms with Gasteiger partial charge in [-0.15, -0.1) is 0 Å². The second-order valence-electron chi connectivity index (χ2n) is 3.12. The molecule has 0 heterocycles. The molecule has 2 nitrogen and oxygen atoms in total. The minimum atomic E-state index is -2.40. The molecule has 1 aromatic rings. The van der Waals surface area contributed by atoms with Crippen LogP contribution in [0.4, 0.5) is 8.78 Å². The van der Waals surface area contributed by atoms with E-state index in [1.807, 2.05) is 0 Å². The number of halogens is 3. The normalized spacial score (nSPS) is 12.9. The predicted octanol–water partition coefficient (Wildman–Crippen LogP) is 3.11. The van der Waals surface area contributed by atoms with Crippen molar-refractivity contribution in [3.05, 3.63) is 28.2 Å². The van der Waals surface area contributed by atoms with Gasteiger partial charge < -0.3 is 10.5 Å². The van der Waals surface area contributed by atoms with Gasteiger partial charge in [0, 0.05) is 16.9 Å². The summed E-state index contributed by atoms with van der Waals surface area (Å²) in [6, 6.07) is 4.45. The molecule has 0 saturated heterocycles. The van der Waals surface area contributed by atoms with Crippen LogP contribution in [0, 0.1) is 0 Å². The van der Waals surface area contributed by atoms with E-state index in [0.29, 0.717) is 11.3 Å². The van der Waals surface area contributed by atoms with Crippen LogP contribution < -0.4 is 10.5 Å². The highest BCUT2D eigenvalue weighted by Gasteiger charge is 2.15. The van der Waals surface area contributed by atoms with Gasteiger partial charge in [0.25, 0.3) is 0 Å². The fraction of sp³-hybridized carbons (Fsp3) is 0.400. The van der Waals surface area contributed by atoms with Crippen LogP contribution in [0.1, 0.15) is 18.0 Å². The Morgan fingerprint density at radius 2 is 2.13 bits per heavy atom. The van der Waals surface area contributed by atoms with Crippen LogP contribution in [0.2, 0.25) is 0 Å². The third-order valence-corrected chi connectivity index (χ3v) is 2.76. The molecule has 0 aliphatic rings. The van der Waals surface area contributed by atoms with E-state index in [1.165, 1.54) is 7.11 Å². The lowest BCUT2D eigenvalue weighted by Gasteiger charge is -2.14. The summed E-state index contributed by atoms with van der Waals surface area (Å²) in [5.41, 5.74) is 6.29. The molecule has 1 aromatic carbocycles. The Kier molecular flexibility index (Phi) is 4.47. The van der Waals surface area contributed by atoms with E-state index in [0.717, 1.165) is 4.47 Å². The van der Waals surface area contributed by atoms with E-state index >= 15 is 0 Å². The van der Waals surface area contributed by atoms with Crippen LogP contribution in [0.5, 0.6) is 5.75 Å². The van der Waals surface area contributed by atoms with Crippen LogP contribution >= 0.6 is 15.9 Å². The van der Waals surface area contributed by atoms with E-state index < -0.39 is 12.5 Å². The number of alkyl halides is 2. The molecule has 15 heavy (non-hydrogen) atoms. The Hall–Kier alpha value is -0.680. The van der Waals surface area contributed by atoms with Gasteiger partial charge in [-0.05, 0) is 23.8 Å². The van der Waals surface area contributed by atoms with Crippen molar-refractivity contribution in [1.82, 2.24) is 0 Å². The summed E-state index contributed by atoms with van der Waals surface area (Å²) in [7, 11) is 1.52. The lowest BCUT2D eigenvalue weighted by atomic mass is 10.0. The molecular formula is C10H12BrF2NO. The molecule has 0 unspecified atom stereocenters. The Balaban J connectivity index is 2.91. The first-order valence-electron chi connectivity index (χ1n) is 4.41. The van der Waals surface area contributed by atoms with Crippen LogP contribution in [-0.2, 0) is 0 Å². The number of hydrogen-bond donors (Lipinski definition) is 1. The number of methoxy groups -OCH3 is 1. The molecule has 0 saturated carbocycles. The minimum Gasteiger partial charge on any atom is -0.497 e. The highest BCUT2D eigenvalue weighted by molar-refractivity contribution is 9.10. The van der Waals surface area contributed by atoms with Gasteiger partial charge in [0.15, 0.2) is 0 Å². The van der Waals surface area contributed by atoms with Crippen molar-refractivity contribution in [2.24, 2.45) is 5.73 Å². The summed E-state index contributed by atoms with van der Waals surface area (Å²) in [6.45, 7) is 0. The van der Waals surface area contributed by atoms with Gasteiger partial charge in [0.1, 0.15) is 5.75 Å². The second kappa shape index (κ2) is 5.42. The maximum absolute atomic E-state index is 12.2. The first kappa shape index (κ1) is 12.4. The molecule has 1 rings (SSSR count). The number of rotatable bonds is 4. The van der Waals surface area contributed by atoms with Crippen molar-refractivity contribution in [3.63, 3.8) is 0 Å². The number of hydrogen-bond acceptors (Lipinski definition) is 2. The van der Waals surface area contributed by atoms with E-state index in [9.17, 15) is 8.78 Å². The number of nitrogens with two attached hydrogens (primary N) is 1. The average molecular weight is 280 g/mol. The Morgan fingerprint density at radius 3 is 2.67 bits per heavy atom. The van der Waals surface area contributed by atoms with Gasteiger partial charge in [-0.1, -0.05) is 15.9 Å². The van der Waals surface area contributed by atoms with Gasteiger partial charge in [-0.2, -0.15) is 0 Å². The quantitative estimate of drug-likeness (QED) is 0.919. The van der Waals surface area contributed by atoms with Crippen molar-refractivity contribution in [2.45, 2.75) is 18.9 Å². The third kappa shape index (κ3) is 3.43. The molecular weight excluding hydrogens is 268 g/mol. The highest BCUT2D eigenvalue weighted by Crippen LogP contribution is 2.29. The Morgan fingerprint density at radius 1 is 1.47 bits per heavy atom. The van der Waals surface area contributed by atoms with Crippen molar-refractivity contribution < 1.29 is 13.5 Å². The lowest BCUT2D eigenvalue weighted by molar-refractivity contribution is 0.128. The van der Waals surface area contributed by atoms with Gasteiger partial charge >= 0.3 is 0 Å². The molecule has 5 heteroatoms.